The maximum Gasteiger partial charge on any atom is -0.00799 e. The van der Waals surface area contributed by atoms with Gasteiger partial charge in [0.05, 0.1) is 0 Å². The molecular weight excluding hydrogens is 348 g/mol. The van der Waals surface area contributed by atoms with E-state index in [9.17, 15) is 0 Å². The van der Waals surface area contributed by atoms with E-state index in [0.29, 0.717) is 16.2 Å². The molecule has 4 aliphatic carbocycles. The van der Waals surface area contributed by atoms with E-state index in [0.717, 1.165) is 29.6 Å². The van der Waals surface area contributed by atoms with Gasteiger partial charge in [-0.15, -0.1) is 0 Å². The minimum Gasteiger partial charge on any atom is -0.0859 e. The zero-order valence-corrected chi connectivity index (χ0v) is 20.6. The molecule has 4 rings (SSSR count). The van der Waals surface area contributed by atoms with Crippen LogP contribution >= 0.6 is 0 Å². The average Bonchev–Trinajstić information content (AvgIpc) is 2.98. The molecule has 0 heterocycles. The Balaban J connectivity index is 1.55. The first-order valence-corrected chi connectivity index (χ1v) is 12.9. The van der Waals surface area contributed by atoms with Gasteiger partial charge in [0, 0.05) is 0 Å². The van der Waals surface area contributed by atoms with Crippen molar-refractivity contribution in [2.75, 3.05) is 0 Å². The van der Waals surface area contributed by atoms with Crippen LogP contribution in [0.3, 0.4) is 0 Å². The molecule has 0 bridgehead atoms. The van der Waals surface area contributed by atoms with Gasteiger partial charge in [-0.1, -0.05) is 64.3 Å². The molecule has 7 atom stereocenters. The second kappa shape index (κ2) is 7.56. The Morgan fingerprint density at radius 2 is 1.79 bits per heavy atom. The molecule has 29 heavy (non-hydrogen) atoms. The van der Waals surface area contributed by atoms with Crippen LogP contribution in [0.5, 0.6) is 0 Å². The molecule has 0 saturated heterocycles. The monoisotopic (exact) mass is 396 g/mol. The van der Waals surface area contributed by atoms with Crippen LogP contribution in [0.4, 0.5) is 0 Å². The van der Waals surface area contributed by atoms with Gasteiger partial charge in [0.2, 0.25) is 0 Å². The average molecular weight is 397 g/mol. The lowest BCUT2D eigenvalue weighted by Crippen LogP contribution is -2.52. The molecule has 3 fully saturated rings. The largest absolute Gasteiger partial charge is 0.0859 e. The van der Waals surface area contributed by atoms with Crippen molar-refractivity contribution < 1.29 is 0 Å². The minimum atomic E-state index is 0.441. The van der Waals surface area contributed by atoms with Gasteiger partial charge < -0.3 is 0 Å². The molecule has 0 aromatic heterocycles. The van der Waals surface area contributed by atoms with Crippen molar-refractivity contribution in [3.05, 3.63) is 23.3 Å². The summed E-state index contributed by atoms with van der Waals surface area (Å²) in [6.45, 7) is 17.5. The highest BCUT2D eigenvalue weighted by atomic mass is 14.6. The lowest BCUT2D eigenvalue weighted by atomic mass is 9.44. The summed E-state index contributed by atoms with van der Waals surface area (Å²) in [7, 11) is 0. The fraction of sp³-hybridized carbons (Fsp3) is 0.862. The maximum absolute atomic E-state index is 2.76. The molecule has 0 unspecified atom stereocenters. The molecule has 0 aliphatic heterocycles. The van der Waals surface area contributed by atoms with Crippen LogP contribution in [-0.2, 0) is 0 Å². The van der Waals surface area contributed by atoms with Crippen LogP contribution < -0.4 is 0 Å². The Bertz CT molecular complexity index is 674. The zero-order valence-electron chi connectivity index (χ0n) is 20.6. The summed E-state index contributed by atoms with van der Waals surface area (Å²) >= 11 is 0. The highest BCUT2D eigenvalue weighted by Gasteiger charge is 2.60. The highest BCUT2D eigenvalue weighted by Crippen LogP contribution is 2.68. The normalized spacial score (nSPS) is 44.2. The van der Waals surface area contributed by atoms with Crippen molar-refractivity contribution in [3.63, 3.8) is 0 Å². The first kappa shape index (κ1) is 21.7. The molecule has 0 N–H and O–H groups in total. The summed E-state index contributed by atoms with van der Waals surface area (Å²) in [5, 5.41) is 0. The van der Waals surface area contributed by atoms with Crippen LogP contribution in [0.2, 0.25) is 0 Å². The summed E-state index contributed by atoms with van der Waals surface area (Å²) < 4.78 is 0. The summed E-state index contributed by atoms with van der Waals surface area (Å²) in [6, 6.07) is 0. The molecule has 0 spiro atoms. The Labute approximate surface area is 182 Å². The Morgan fingerprint density at radius 3 is 2.52 bits per heavy atom. The summed E-state index contributed by atoms with van der Waals surface area (Å²) in [4.78, 5) is 0. The van der Waals surface area contributed by atoms with E-state index in [1.54, 1.807) is 0 Å². The number of rotatable bonds is 4. The zero-order chi connectivity index (χ0) is 21.0. The maximum atomic E-state index is 2.76. The van der Waals surface area contributed by atoms with E-state index in [-0.39, 0.29) is 0 Å². The quantitative estimate of drug-likeness (QED) is 0.416. The summed E-state index contributed by atoms with van der Waals surface area (Å²) in [6.07, 6.45) is 19.6. The van der Waals surface area contributed by atoms with Gasteiger partial charge in [-0.3, -0.25) is 0 Å². The molecule has 3 saturated carbocycles. The smallest absolute Gasteiger partial charge is 0.00799 e. The molecule has 0 aromatic carbocycles. The number of hydrogen-bond donors (Lipinski definition) is 0. The van der Waals surface area contributed by atoms with E-state index in [4.69, 9.17) is 0 Å². The fourth-order valence-corrected chi connectivity index (χ4v) is 9.31. The third kappa shape index (κ3) is 3.49. The van der Waals surface area contributed by atoms with Crippen molar-refractivity contribution in [2.24, 2.45) is 45.8 Å². The van der Waals surface area contributed by atoms with E-state index in [1.807, 2.05) is 5.57 Å². The Hall–Kier alpha value is -0.520. The van der Waals surface area contributed by atoms with Gasteiger partial charge in [-0.2, -0.15) is 0 Å². The molecule has 0 radical (unpaired) electrons. The van der Waals surface area contributed by atoms with E-state index in [1.165, 1.54) is 69.8 Å². The number of allylic oxidation sites excluding steroid dienone is 4. The minimum absolute atomic E-state index is 0.441. The topological polar surface area (TPSA) is 0 Å². The van der Waals surface area contributed by atoms with Crippen LogP contribution in [0.1, 0.15) is 113 Å². The van der Waals surface area contributed by atoms with E-state index >= 15 is 0 Å². The lowest BCUT2D eigenvalue weighted by Gasteiger charge is -2.60. The Morgan fingerprint density at radius 1 is 1.03 bits per heavy atom. The van der Waals surface area contributed by atoms with Gasteiger partial charge in [0.1, 0.15) is 0 Å². The van der Waals surface area contributed by atoms with Crippen molar-refractivity contribution in [2.45, 2.75) is 113 Å². The van der Waals surface area contributed by atoms with Crippen LogP contribution in [0.25, 0.3) is 0 Å². The Kier molecular flexibility index (Phi) is 5.66. The summed E-state index contributed by atoms with van der Waals surface area (Å²) in [5.74, 6) is 4.75. The first-order valence-electron chi connectivity index (χ1n) is 12.9. The van der Waals surface area contributed by atoms with Crippen molar-refractivity contribution in [1.82, 2.24) is 0 Å². The van der Waals surface area contributed by atoms with Gasteiger partial charge in [0.15, 0.2) is 0 Å². The molecule has 164 valence electrons. The summed E-state index contributed by atoms with van der Waals surface area (Å²) in [5.41, 5.74) is 4.89. The molecule has 0 nitrogen and oxygen atoms in total. The third-order valence-electron chi connectivity index (χ3n) is 10.6. The molecule has 0 amide bonds. The van der Waals surface area contributed by atoms with Crippen LogP contribution in [-0.4, -0.2) is 0 Å². The second-order valence-corrected chi connectivity index (χ2v) is 12.9. The van der Waals surface area contributed by atoms with Gasteiger partial charge in [-0.05, 0) is 117 Å². The molecule has 4 aliphatic rings. The number of fused-ring (bicyclic) bond motifs is 5. The fourth-order valence-electron chi connectivity index (χ4n) is 9.31. The van der Waals surface area contributed by atoms with Crippen molar-refractivity contribution in [1.29, 1.82) is 0 Å². The molecule has 0 aromatic rings. The van der Waals surface area contributed by atoms with Gasteiger partial charge in [-0.25, -0.2) is 0 Å². The SMILES string of the molecule is CC(C)=CCC[C@@H](C)[C@H]1CC[C@H]2[C@@H]3CC=C4C(C)(C)CCC[C@]4(C)[C@H]3CC[C@]12C. The van der Waals surface area contributed by atoms with E-state index < -0.39 is 0 Å². The van der Waals surface area contributed by atoms with Crippen LogP contribution in [0.15, 0.2) is 23.3 Å². The molecular formula is C29H48. The van der Waals surface area contributed by atoms with Gasteiger partial charge >= 0.3 is 0 Å². The number of hydrogen-bond acceptors (Lipinski definition) is 0. The third-order valence-corrected chi connectivity index (χ3v) is 10.6. The predicted molar refractivity (Wildman–Crippen MR) is 127 cm³/mol. The van der Waals surface area contributed by atoms with Crippen molar-refractivity contribution >= 4 is 0 Å². The van der Waals surface area contributed by atoms with Crippen LogP contribution in [0, 0.1) is 45.8 Å². The standard InChI is InChI=1S/C29H48/c1-20(2)10-8-11-21(3)23-13-14-24-22-12-15-26-27(4,5)17-9-18-29(26,7)25(22)16-19-28(23,24)6/h10,15,21-25H,8-9,11-14,16-19H2,1-7H3/t21-,22+,23-,24+,25+,28-,29-/m1/s1. The van der Waals surface area contributed by atoms with Gasteiger partial charge in [0.25, 0.3) is 0 Å². The first-order chi connectivity index (χ1) is 13.6. The highest BCUT2D eigenvalue weighted by molar-refractivity contribution is 5.29. The second-order valence-electron chi connectivity index (χ2n) is 12.9. The lowest BCUT2D eigenvalue weighted by molar-refractivity contribution is -0.0578. The van der Waals surface area contributed by atoms with E-state index in [2.05, 4.69) is 60.6 Å². The van der Waals surface area contributed by atoms with Crippen molar-refractivity contribution in [3.8, 4) is 0 Å². The predicted octanol–water partition coefficient (Wildman–Crippen LogP) is 8.97. The molecule has 0 heteroatoms.